The first-order chi connectivity index (χ1) is 9.82. The molecule has 1 heterocycles. The molecule has 7 heteroatoms. The molecule has 1 saturated heterocycles. The molecule has 1 aliphatic rings. The van der Waals surface area contributed by atoms with Crippen LogP contribution in [0.2, 0.25) is 0 Å². The van der Waals surface area contributed by atoms with E-state index in [9.17, 15) is 22.7 Å². The van der Waals surface area contributed by atoms with E-state index in [1.54, 1.807) is 6.92 Å². The van der Waals surface area contributed by atoms with Crippen molar-refractivity contribution in [2.75, 3.05) is 13.1 Å². The average molecular weight is 315 g/mol. The Bertz CT molecular complexity index is 646. The lowest BCUT2D eigenvalue weighted by atomic mass is 9.78. The number of carboxylic acids is 1. The molecular weight excluding hydrogens is 297 g/mol. The summed E-state index contributed by atoms with van der Waals surface area (Å²) in [5.74, 6) is -1.61. The fourth-order valence-electron chi connectivity index (χ4n) is 2.69. The molecule has 1 aromatic rings. The Balaban J connectivity index is 2.35. The van der Waals surface area contributed by atoms with Crippen LogP contribution in [0.4, 0.5) is 4.39 Å². The zero-order chi connectivity index (χ0) is 15.7. The molecule has 1 fully saturated rings. The Labute approximate surface area is 123 Å². The van der Waals surface area contributed by atoms with E-state index in [2.05, 4.69) is 0 Å². The van der Waals surface area contributed by atoms with Gasteiger partial charge >= 0.3 is 5.97 Å². The van der Waals surface area contributed by atoms with E-state index in [0.29, 0.717) is 19.3 Å². The molecule has 0 bridgehead atoms. The summed E-state index contributed by atoms with van der Waals surface area (Å²) in [6, 6.07) is 4.78. The van der Waals surface area contributed by atoms with Gasteiger partial charge in [0, 0.05) is 13.1 Å². The van der Waals surface area contributed by atoms with Gasteiger partial charge in [0.05, 0.1) is 10.3 Å². The van der Waals surface area contributed by atoms with Crippen LogP contribution in [0.5, 0.6) is 0 Å². The average Bonchev–Trinajstić information content (AvgIpc) is 2.47. The molecule has 1 unspecified atom stereocenters. The van der Waals surface area contributed by atoms with Crippen LogP contribution < -0.4 is 0 Å². The number of hydrogen-bond donors (Lipinski definition) is 1. The summed E-state index contributed by atoms with van der Waals surface area (Å²) in [5.41, 5.74) is -1.06. The van der Waals surface area contributed by atoms with Crippen LogP contribution in [-0.4, -0.2) is 36.9 Å². The Morgan fingerprint density at radius 3 is 2.76 bits per heavy atom. The molecule has 1 aliphatic heterocycles. The first-order valence-corrected chi connectivity index (χ1v) is 8.25. The number of halogens is 1. The Morgan fingerprint density at radius 1 is 1.48 bits per heavy atom. The molecule has 0 saturated carbocycles. The lowest BCUT2D eigenvalue weighted by Crippen LogP contribution is -2.49. The second-order valence-electron chi connectivity index (χ2n) is 5.34. The highest BCUT2D eigenvalue weighted by molar-refractivity contribution is 7.89. The Morgan fingerprint density at radius 2 is 2.19 bits per heavy atom. The normalized spacial score (nSPS) is 23.9. The summed E-state index contributed by atoms with van der Waals surface area (Å²) in [5, 5.41) is 9.41. The van der Waals surface area contributed by atoms with Crippen LogP contribution in [-0.2, 0) is 14.8 Å². The van der Waals surface area contributed by atoms with Crippen molar-refractivity contribution in [2.24, 2.45) is 5.41 Å². The van der Waals surface area contributed by atoms with Crippen LogP contribution in [0.15, 0.2) is 29.2 Å². The number of carbonyl (C=O) groups is 1. The number of benzene rings is 1. The quantitative estimate of drug-likeness (QED) is 0.923. The largest absolute Gasteiger partial charge is 0.481 e. The van der Waals surface area contributed by atoms with Gasteiger partial charge in [0.1, 0.15) is 5.82 Å². The van der Waals surface area contributed by atoms with E-state index in [4.69, 9.17) is 0 Å². The number of piperidine rings is 1. The molecule has 21 heavy (non-hydrogen) atoms. The fourth-order valence-corrected chi connectivity index (χ4v) is 4.28. The van der Waals surface area contributed by atoms with Gasteiger partial charge in [-0.25, -0.2) is 12.8 Å². The van der Waals surface area contributed by atoms with Crippen molar-refractivity contribution >= 4 is 16.0 Å². The smallest absolute Gasteiger partial charge is 0.310 e. The molecule has 0 radical (unpaired) electrons. The van der Waals surface area contributed by atoms with Crippen molar-refractivity contribution in [2.45, 2.75) is 31.1 Å². The molecular formula is C14H18FNO4S. The third-order valence-corrected chi connectivity index (χ3v) is 5.95. The maximum atomic E-state index is 13.2. The summed E-state index contributed by atoms with van der Waals surface area (Å²) in [7, 11) is -3.87. The zero-order valence-electron chi connectivity index (χ0n) is 11.8. The summed E-state index contributed by atoms with van der Waals surface area (Å²) in [6.07, 6.45) is 1.29. The van der Waals surface area contributed by atoms with Crippen molar-refractivity contribution in [3.8, 4) is 0 Å². The molecule has 2 rings (SSSR count). The van der Waals surface area contributed by atoms with E-state index in [0.717, 1.165) is 10.4 Å². The second-order valence-corrected chi connectivity index (χ2v) is 7.28. The zero-order valence-corrected chi connectivity index (χ0v) is 12.6. The summed E-state index contributed by atoms with van der Waals surface area (Å²) in [6.45, 7) is 1.93. The molecule has 0 aromatic heterocycles. The number of aliphatic carboxylic acids is 1. The minimum absolute atomic E-state index is 0.0717. The van der Waals surface area contributed by atoms with Gasteiger partial charge in [-0.3, -0.25) is 4.79 Å². The van der Waals surface area contributed by atoms with Gasteiger partial charge in [-0.15, -0.1) is 0 Å². The van der Waals surface area contributed by atoms with Gasteiger partial charge in [0.15, 0.2) is 0 Å². The van der Waals surface area contributed by atoms with Crippen molar-refractivity contribution in [3.05, 3.63) is 30.1 Å². The number of hydrogen-bond acceptors (Lipinski definition) is 3. The van der Waals surface area contributed by atoms with E-state index < -0.39 is 27.2 Å². The molecule has 116 valence electrons. The van der Waals surface area contributed by atoms with Gasteiger partial charge in [-0.2, -0.15) is 4.31 Å². The molecule has 0 spiro atoms. The highest BCUT2D eigenvalue weighted by Gasteiger charge is 2.44. The minimum atomic E-state index is -3.87. The van der Waals surface area contributed by atoms with Crippen LogP contribution in [0, 0.1) is 11.2 Å². The third kappa shape index (κ3) is 2.94. The molecule has 5 nitrogen and oxygen atoms in total. The summed E-state index contributed by atoms with van der Waals surface area (Å²) < 4.78 is 39.5. The van der Waals surface area contributed by atoms with Gasteiger partial charge in [0.2, 0.25) is 10.0 Å². The molecule has 1 N–H and O–H groups in total. The van der Waals surface area contributed by atoms with Crippen LogP contribution in [0.1, 0.15) is 26.2 Å². The van der Waals surface area contributed by atoms with Gasteiger partial charge in [-0.05, 0) is 37.5 Å². The molecule has 1 aromatic carbocycles. The SMILES string of the molecule is CCC1(C(=O)O)CCCN(S(=O)(=O)c2cccc(F)c2)C1. The van der Waals surface area contributed by atoms with Crippen LogP contribution in [0.25, 0.3) is 0 Å². The Hall–Kier alpha value is -1.47. The monoisotopic (exact) mass is 315 g/mol. The number of sulfonamides is 1. The topological polar surface area (TPSA) is 74.7 Å². The minimum Gasteiger partial charge on any atom is -0.481 e. The first-order valence-electron chi connectivity index (χ1n) is 6.81. The standard InChI is InChI=1S/C14H18FNO4S/c1-2-14(13(17)18)7-4-8-16(10-14)21(19,20)12-6-3-5-11(15)9-12/h3,5-6,9H,2,4,7-8,10H2,1H3,(H,17,18). The van der Waals surface area contributed by atoms with E-state index in [-0.39, 0.29) is 18.0 Å². The number of nitrogens with zero attached hydrogens (tertiary/aromatic N) is 1. The van der Waals surface area contributed by atoms with Gasteiger partial charge in [0.25, 0.3) is 0 Å². The second kappa shape index (κ2) is 5.73. The molecule has 0 amide bonds. The van der Waals surface area contributed by atoms with Crippen LogP contribution >= 0.6 is 0 Å². The van der Waals surface area contributed by atoms with E-state index in [1.807, 2.05) is 0 Å². The summed E-state index contributed by atoms with van der Waals surface area (Å²) >= 11 is 0. The number of rotatable bonds is 4. The third-order valence-electron chi connectivity index (χ3n) is 4.11. The Kier molecular flexibility index (Phi) is 4.34. The van der Waals surface area contributed by atoms with Crippen molar-refractivity contribution in [3.63, 3.8) is 0 Å². The van der Waals surface area contributed by atoms with E-state index >= 15 is 0 Å². The van der Waals surface area contributed by atoms with Crippen molar-refractivity contribution < 1.29 is 22.7 Å². The van der Waals surface area contributed by atoms with Crippen molar-refractivity contribution in [1.82, 2.24) is 4.31 Å². The maximum Gasteiger partial charge on any atom is 0.310 e. The summed E-state index contributed by atoms with van der Waals surface area (Å²) in [4.78, 5) is 11.3. The maximum absolute atomic E-state index is 13.2. The fraction of sp³-hybridized carbons (Fsp3) is 0.500. The lowest BCUT2D eigenvalue weighted by molar-refractivity contribution is -0.151. The highest BCUT2D eigenvalue weighted by atomic mass is 32.2. The van der Waals surface area contributed by atoms with Crippen LogP contribution in [0.3, 0.4) is 0 Å². The van der Waals surface area contributed by atoms with E-state index in [1.165, 1.54) is 18.2 Å². The molecule has 0 aliphatic carbocycles. The first kappa shape index (κ1) is 15.9. The predicted octanol–water partition coefficient (Wildman–Crippen LogP) is 2.09. The van der Waals surface area contributed by atoms with Gasteiger partial charge in [-0.1, -0.05) is 13.0 Å². The number of carboxylic acid groups (broad SMARTS) is 1. The van der Waals surface area contributed by atoms with Gasteiger partial charge < -0.3 is 5.11 Å². The predicted molar refractivity (Wildman–Crippen MR) is 74.8 cm³/mol. The highest BCUT2D eigenvalue weighted by Crippen LogP contribution is 2.36. The van der Waals surface area contributed by atoms with Crippen molar-refractivity contribution in [1.29, 1.82) is 0 Å². The lowest BCUT2D eigenvalue weighted by Gasteiger charge is -2.38. The molecule has 1 atom stereocenters.